The average molecular weight is 249 g/mol. The number of rotatable bonds is 3. The van der Waals surface area contributed by atoms with E-state index in [0.29, 0.717) is 0 Å². The zero-order valence-corrected chi connectivity index (χ0v) is 11.7. The van der Waals surface area contributed by atoms with Gasteiger partial charge in [-0.2, -0.15) is 0 Å². The van der Waals surface area contributed by atoms with Gasteiger partial charge in [0, 0.05) is 13.1 Å². The lowest BCUT2D eigenvalue weighted by molar-refractivity contribution is 0.385. The number of H-pyrrole nitrogens is 1. The first-order valence-electron chi connectivity index (χ1n) is 5.83. The Morgan fingerprint density at radius 2 is 1.88 bits per heavy atom. The van der Waals surface area contributed by atoms with Crippen LogP contribution in [-0.2, 0) is 6.54 Å². The van der Waals surface area contributed by atoms with Gasteiger partial charge in [-0.3, -0.25) is 0 Å². The minimum Gasteiger partial charge on any atom is -0.331 e. The summed E-state index contributed by atoms with van der Waals surface area (Å²) < 4.78 is 2.99. The van der Waals surface area contributed by atoms with Crippen LogP contribution in [0.2, 0.25) is 0 Å². The average Bonchev–Trinajstić information content (AvgIpc) is 2.52. The fraction of sp³-hybridized carbons (Fsp3) is 0.462. The number of hydrogen-bond donors (Lipinski definition) is 1. The van der Waals surface area contributed by atoms with E-state index in [0.717, 1.165) is 23.4 Å². The maximum atomic E-state index is 5.38. The van der Waals surface area contributed by atoms with Crippen LogP contribution >= 0.6 is 12.2 Å². The minimum absolute atomic E-state index is 0.812. The monoisotopic (exact) mass is 249 g/mol. The molecule has 1 heterocycles. The lowest BCUT2D eigenvalue weighted by Crippen LogP contribution is -2.18. The van der Waals surface area contributed by atoms with Crippen LogP contribution < -0.4 is 0 Å². The molecule has 2 aromatic rings. The first-order chi connectivity index (χ1) is 7.99. The standard InChI is InChI=1S/C13H19N3S/c1-9-7-11-12(8-10(9)2)16(13(17)14-11)6-5-15(3)4/h7-8H,5-6H2,1-4H3,(H,14,17). The molecule has 0 aliphatic heterocycles. The largest absolute Gasteiger partial charge is 0.331 e. The van der Waals surface area contributed by atoms with E-state index in [1.165, 1.54) is 16.6 Å². The number of fused-ring (bicyclic) bond motifs is 1. The molecule has 2 rings (SSSR count). The van der Waals surface area contributed by atoms with E-state index < -0.39 is 0 Å². The molecule has 0 aliphatic rings. The van der Waals surface area contributed by atoms with Gasteiger partial charge < -0.3 is 14.5 Å². The molecule has 4 heteroatoms. The van der Waals surface area contributed by atoms with Crippen molar-refractivity contribution in [3.05, 3.63) is 28.0 Å². The van der Waals surface area contributed by atoms with Gasteiger partial charge in [-0.1, -0.05) is 0 Å². The Kier molecular flexibility index (Phi) is 3.35. The van der Waals surface area contributed by atoms with E-state index >= 15 is 0 Å². The summed E-state index contributed by atoms with van der Waals surface area (Å²) in [7, 11) is 4.15. The lowest BCUT2D eigenvalue weighted by atomic mass is 10.1. The molecule has 1 aromatic carbocycles. The van der Waals surface area contributed by atoms with Gasteiger partial charge in [0.15, 0.2) is 4.77 Å². The van der Waals surface area contributed by atoms with E-state index in [1.807, 2.05) is 0 Å². The highest BCUT2D eigenvalue weighted by atomic mass is 32.1. The number of imidazole rings is 1. The van der Waals surface area contributed by atoms with Gasteiger partial charge in [0.25, 0.3) is 0 Å². The molecule has 0 spiro atoms. The van der Waals surface area contributed by atoms with E-state index in [2.05, 4.69) is 54.5 Å². The SMILES string of the molecule is Cc1cc2[nH]c(=S)n(CCN(C)C)c2cc1C. The van der Waals surface area contributed by atoms with Gasteiger partial charge in [0.1, 0.15) is 0 Å². The van der Waals surface area contributed by atoms with Crippen LogP contribution in [0.5, 0.6) is 0 Å². The molecule has 0 atom stereocenters. The molecule has 0 bridgehead atoms. The smallest absolute Gasteiger partial charge is 0.178 e. The van der Waals surface area contributed by atoms with Crippen molar-refractivity contribution in [2.45, 2.75) is 20.4 Å². The zero-order chi connectivity index (χ0) is 12.6. The number of benzene rings is 1. The molecule has 1 aromatic heterocycles. The Balaban J connectivity index is 2.51. The van der Waals surface area contributed by atoms with Crippen molar-refractivity contribution in [3.63, 3.8) is 0 Å². The highest BCUT2D eigenvalue weighted by Gasteiger charge is 2.06. The Labute approximate surface area is 107 Å². The normalized spacial score (nSPS) is 11.6. The van der Waals surface area contributed by atoms with Crippen LogP contribution in [0.1, 0.15) is 11.1 Å². The fourth-order valence-electron chi connectivity index (χ4n) is 1.94. The van der Waals surface area contributed by atoms with Gasteiger partial charge >= 0.3 is 0 Å². The molecule has 3 nitrogen and oxygen atoms in total. The zero-order valence-electron chi connectivity index (χ0n) is 10.9. The van der Waals surface area contributed by atoms with Crippen molar-refractivity contribution >= 4 is 23.3 Å². The summed E-state index contributed by atoms with van der Waals surface area (Å²) in [5, 5.41) is 0. The lowest BCUT2D eigenvalue weighted by Gasteiger charge is -2.11. The Morgan fingerprint density at radius 3 is 2.53 bits per heavy atom. The number of hydrogen-bond acceptors (Lipinski definition) is 2. The van der Waals surface area contributed by atoms with Crippen LogP contribution in [0.4, 0.5) is 0 Å². The predicted octanol–water partition coefficient (Wildman–Crippen LogP) is 2.88. The van der Waals surface area contributed by atoms with Crippen molar-refractivity contribution < 1.29 is 0 Å². The molecule has 0 radical (unpaired) electrons. The third-order valence-electron chi connectivity index (χ3n) is 3.16. The summed E-state index contributed by atoms with van der Waals surface area (Å²) in [6, 6.07) is 4.39. The molecule has 0 saturated heterocycles. The molecular formula is C13H19N3S. The summed E-state index contributed by atoms with van der Waals surface area (Å²) in [6.45, 7) is 6.19. The number of nitrogens with one attached hydrogen (secondary N) is 1. The Hall–Kier alpha value is -1.13. The predicted molar refractivity (Wildman–Crippen MR) is 75.2 cm³/mol. The number of nitrogens with zero attached hydrogens (tertiary/aromatic N) is 2. The molecule has 0 fully saturated rings. The maximum absolute atomic E-state index is 5.38. The minimum atomic E-state index is 0.812. The summed E-state index contributed by atoms with van der Waals surface area (Å²) in [6.07, 6.45) is 0. The second kappa shape index (κ2) is 4.63. The summed E-state index contributed by atoms with van der Waals surface area (Å²) in [5.74, 6) is 0. The van der Waals surface area contributed by atoms with E-state index in [-0.39, 0.29) is 0 Å². The third-order valence-corrected chi connectivity index (χ3v) is 3.48. The van der Waals surface area contributed by atoms with Gasteiger partial charge in [0.2, 0.25) is 0 Å². The Bertz CT molecular complexity index is 592. The van der Waals surface area contributed by atoms with Crippen molar-refractivity contribution in [3.8, 4) is 0 Å². The third kappa shape index (κ3) is 2.42. The molecular weight excluding hydrogens is 230 g/mol. The second-order valence-corrected chi connectivity index (χ2v) is 5.23. The van der Waals surface area contributed by atoms with Crippen LogP contribution in [0.15, 0.2) is 12.1 Å². The number of likely N-dealkylation sites (N-methyl/N-ethyl adjacent to an activating group) is 1. The van der Waals surface area contributed by atoms with Crippen LogP contribution in [0, 0.1) is 18.6 Å². The van der Waals surface area contributed by atoms with Crippen molar-refractivity contribution in [2.75, 3.05) is 20.6 Å². The fourth-order valence-corrected chi connectivity index (χ4v) is 2.24. The first-order valence-corrected chi connectivity index (χ1v) is 6.24. The van der Waals surface area contributed by atoms with E-state index in [9.17, 15) is 0 Å². The van der Waals surface area contributed by atoms with E-state index in [4.69, 9.17) is 12.2 Å². The second-order valence-electron chi connectivity index (χ2n) is 4.84. The number of aryl methyl sites for hydroxylation is 2. The van der Waals surface area contributed by atoms with Crippen molar-refractivity contribution in [1.29, 1.82) is 0 Å². The highest BCUT2D eigenvalue weighted by molar-refractivity contribution is 7.71. The van der Waals surface area contributed by atoms with Gasteiger partial charge in [-0.15, -0.1) is 0 Å². The van der Waals surface area contributed by atoms with Crippen molar-refractivity contribution in [2.24, 2.45) is 0 Å². The number of aromatic amines is 1. The first kappa shape index (κ1) is 12.3. The maximum Gasteiger partial charge on any atom is 0.178 e. The van der Waals surface area contributed by atoms with Gasteiger partial charge in [-0.05, 0) is 63.4 Å². The topological polar surface area (TPSA) is 24.0 Å². The van der Waals surface area contributed by atoms with Crippen LogP contribution in [0.3, 0.4) is 0 Å². The van der Waals surface area contributed by atoms with Gasteiger partial charge in [-0.25, -0.2) is 0 Å². The highest BCUT2D eigenvalue weighted by Crippen LogP contribution is 2.19. The molecule has 92 valence electrons. The molecule has 1 N–H and O–H groups in total. The van der Waals surface area contributed by atoms with Crippen LogP contribution in [-0.4, -0.2) is 35.1 Å². The quantitative estimate of drug-likeness (QED) is 0.846. The summed E-state index contributed by atoms with van der Waals surface area (Å²) in [5.41, 5.74) is 4.95. The number of aromatic nitrogens is 2. The molecule has 0 amide bonds. The van der Waals surface area contributed by atoms with Crippen LogP contribution in [0.25, 0.3) is 11.0 Å². The summed E-state index contributed by atoms with van der Waals surface area (Å²) >= 11 is 5.38. The molecule has 0 aliphatic carbocycles. The molecule has 17 heavy (non-hydrogen) atoms. The molecule has 0 saturated carbocycles. The van der Waals surface area contributed by atoms with Gasteiger partial charge in [0.05, 0.1) is 11.0 Å². The van der Waals surface area contributed by atoms with E-state index in [1.54, 1.807) is 0 Å². The molecule has 0 unspecified atom stereocenters. The van der Waals surface area contributed by atoms with Crippen molar-refractivity contribution in [1.82, 2.24) is 14.5 Å². The summed E-state index contributed by atoms with van der Waals surface area (Å²) in [4.78, 5) is 5.45. The Morgan fingerprint density at radius 1 is 1.24 bits per heavy atom.